The molecule has 1 atom stereocenters. The Morgan fingerprint density at radius 2 is 2.05 bits per heavy atom. The van der Waals surface area contributed by atoms with Crippen molar-refractivity contribution in [2.75, 3.05) is 18.0 Å². The van der Waals surface area contributed by atoms with Crippen molar-refractivity contribution in [2.45, 2.75) is 6.42 Å². The second-order valence-electron chi connectivity index (χ2n) is 5.22. The van der Waals surface area contributed by atoms with Crippen molar-refractivity contribution < 1.29 is 4.79 Å². The summed E-state index contributed by atoms with van der Waals surface area (Å²) in [5, 5.41) is 0.599. The summed E-state index contributed by atoms with van der Waals surface area (Å²) in [4.78, 5) is 17.7. The largest absolute Gasteiger partial charge is 0.369 e. The highest BCUT2D eigenvalue weighted by molar-refractivity contribution is 6.33. The minimum atomic E-state index is -0.246. The summed E-state index contributed by atoms with van der Waals surface area (Å²) in [6.07, 6.45) is 4.22. The third-order valence-electron chi connectivity index (χ3n) is 3.86. The standard InChI is InChI=1S/C16H16ClN3O/c17-14-9-19-8-13(11-4-2-1-3-5-11)15(14)20-7-6-12(10-20)16(18)21/h1-5,8-9,12H,6-7,10H2,(H2,18,21)/t12-/m1/s1. The molecule has 108 valence electrons. The Morgan fingerprint density at radius 1 is 1.29 bits per heavy atom. The molecule has 2 aromatic rings. The maximum atomic E-state index is 11.4. The summed E-state index contributed by atoms with van der Waals surface area (Å²) in [6, 6.07) is 9.99. The smallest absolute Gasteiger partial charge is 0.222 e. The van der Waals surface area contributed by atoms with E-state index in [1.165, 1.54) is 0 Å². The molecular formula is C16H16ClN3O. The van der Waals surface area contributed by atoms with Crippen LogP contribution in [0.3, 0.4) is 0 Å². The van der Waals surface area contributed by atoms with Gasteiger partial charge in [0.2, 0.25) is 5.91 Å². The van der Waals surface area contributed by atoms with Crippen molar-refractivity contribution in [3.63, 3.8) is 0 Å². The van der Waals surface area contributed by atoms with Gasteiger partial charge in [-0.3, -0.25) is 9.78 Å². The Kier molecular flexibility index (Phi) is 3.80. The number of benzene rings is 1. The van der Waals surface area contributed by atoms with E-state index < -0.39 is 0 Å². The molecule has 0 spiro atoms. The lowest BCUT2D eigenvalue weighted by molar-refractivity contribution is -0.121. The number of halogens is 1. The zero-order valence-electron chi connectivity index (χ0n) is 11.5. The van der Waals surface area contributed by atoms with E-state index in [0.29, 0.717) is 11.6 Å². The first-order valence-electron chi connectivity index (χ1n) is 6.90. The number of carbonyl (C=O) groups is 1. The molecule has 2 heterocycles. The van der Waals surface area contributed by atoms with E-state index in [4.69, 9.17) is 17.3 Å². The molecule has 1 aromatic heterocycles. The number of hydrogen-bond donors (Lipinski definition) is 1. The highest BCUT2D eigenvalue weighted by Crippen LogP contribution is 2.38. The molecule has 0 unspecified atom stereocenters. The van der Waals surface area contributed by atoms with Crippen molar-refractivity contribution in [2.24, 2.45) is 11.7 Å². The van der Waals surface area contributed by atoms with Crippen LogP contribution in [0.4, 0.5) is 5.69 Å². The Labute approximate surface area is 128 Å². The predicted octanol–water partition coefficient (Wildman–Crippen LogP) is 2.71. The van der Waals surface area contributed by atoms with Crippen LogP contribution in [0.2, 0.25) is 5.02 Å². The fourth-order valence-electron chi connectivity index (χ4n) is 2.77. The van der Waals surface area contributed by atoms with Gasteiger partial charge in [0.15, 0.2) is 0 Å². The molecule has 4 nitrogen and oxygen atoms in total. The molecule has 0 radical (unpaired) electrons. The van der Waals surface area contributed by atoms with Gasteiger partial charge in [-0.15, -0.1) is 0 Å². The number of amides is 1. The Hall–Kier alpha value is -2.07. The first kappa shape index (κ1) is 13.9. The van der Waals surface area contributed by atoms with Crippen molar-refractivity contribution in [3.05, 3.63) is 47.7 Å². The monoisotopic (exact) mass is 301 g/mol. The summed E-state index contributed by atoms with van der Waals surface area (Å²) in [5.74, 6) is -0.359. The average Bonchev–Trinajstić information content (AvgIpc) is 2.97. The van der Waals surface area contributed by atoms with Crippen LogP contribution in [0, 0.1) is 5.92 Å². The Balaban J connectivity index is 2.01. The van der Waals surface area contributed by atoms with Crippen molar-refractivity contribution in [1.82, 2.24) is 4.98 Å². The van der Waals surface area contributed by atoms with Crippen LogP contribution >= 0.6 is 11.6 Å². The van der Waals surface area contributed by atoms with E-state index in [-0.39, 0.29) is 11.8 Å². The number of pyridine rings is 1. The number of nitrogens with two attached hydrogens (primary N) is 1. The van der Waals surface area contributed by atoms with Crippen LogP contribution < -0.4 is 10.6 Å². The maximum absolute atomic E-state index is 11.4. The third-order valence-corrected chi connectivity index (χ3v) is 4.14. The average molecular weight is 302 g/mol. The van der Waals surface area contributed by atoms with Gasteiger partial charge in [-0.25, -0.2) is 0 Å². The Morgan fingerprint density at radius 3 is 2.71 bits per heavy atom. The summed E-state index contributed by atoms with van der Waals surface area (Å²) in [7, 11) is 0. The molecule has 1 fully saturated rings. The van der Waals surface area contributed by atoms with E-state index in [2.05, 4.69) is 9.88 Å². The number of carbonyl (C=O) groups excluding carboxylic acids is 1. The van der Waals surface area contributed by atoms with E-state index in [9.17, 15) is 4.79 Å². The molecular weight excluding hydrogens is 286 g/mol. The zero-order valence-corrected chi connectivity index (χ0v) is 12.3. The van der Waals surface area contributed by atoms with Crippen molar-refractivity contribution >= 4 is 23.2 Å². The number of rotatable bonds is 3. The first-order valence-corrected chi connectivity index (χ1v) is 7.28. The highest BCUT2D eigenvalue weighted by atomic mass is 35.5. The molecule has 0 bridgehead atoms. The summed E-state index contributed by atoms with van der Waals surface area (Å²) in [6.45, 7) is 1.38. The van der Waals surface area contributed by atoms with Gasteiger partial charge in [-0.05, 0) is 12.0 Å². The summed E-state index contributed by atoms with van der Waals surface area (Å²) < 4.78 is 0. The van der Waals surface area contributed by atoms with Gasteiger partial charge in [-0.2, -0.15) is 0 Å². The molecule has 1 aliphatic heterocycles. The third kappa shape index (κ3) is 2.72. The maximum Gasteiger partial charge on any atom is 0.222 e. The number of aromatic nitrogens is 1. The van der Waals surface area contributed by atoms with Crippen LogP contribution in [0.5, 0.6) is 0 Å². The minimum absolute atomic E-state index is 0.113. The summed E-state index contributed by atoms with van der Waals surface area (Å²) >= 11 is 6.37. The molecule has 3 rings (SSSR count). The highest BCUT2D eigenvalue weighted by Gasteiger charge is 2.29. The molecule has 1 aliphatic rings. The van der Waals surface area contributed by atoms with Crippen molar-refractivity contribution in [3.8, 4) is 11.1 Å². The number of primary amides is 1. The normalized spacial score (nSPS) is 18.0. The van der Waals surface area contributed by atoms with Gasteiger partial charge < -0.3 is 10.6 Å². The van der Waals surface area contributed by atoms with Crippen LogP contribution in [0.1, 0.15) is 6.42 Å². The molecule has 1 saturated heterocycles. The van der Waals surface area contributed by atoms with E-state index in [1.54, 1.807) is 6.20 Å². The van der Waals surface area contributed by atoms with Gasteiger partial charge in [-0.1, -0.05) is 41.9 Å². The fourth-order valence-corrected chi connectivity index (χ4v) is 3.05. The van der Waals surface area contributed by atoms with Crippen LogP contribution in [0.15, 0.2) is 42.7 Å². The van der Waals surface area contributed by atoms with Crippen LogP contribution in [-0.2, 0) is 4.79 Å². The van der Waals surface area contributed by atoms with E-state index >= 15 is 0 Å². The number of nitrogens with zero attached hydrogens (tertiary/aromatic N) is 2. The molecule has 1 aromatic carbocycles. The second-order valence-corrected chi connectivity index (χ2v) is 5.62. The van der Waals surface area contributed by atoms with Gasteiger partial charge in [0.25, 0.3) is 0 Å². The lowest BCUT2D eigenvalue weighted by atomic mass is 10.1. The zero-order chi connectivity index (χ0) is 14.8. The van der Waals surface area contributed by atoms with Crippen LogP contribution in [-0.4, -0.2) is 24.0 Å². The van der Waals surface area contributed by atoms with E-state index in [1.807, 2.05) is 36.5 Å². The van der Waals surface area contributed by atoms with Crippen molar-refractivity contribution in [1.29, 1.82) is 0 Å². The Bertz CT molecular complexity index is 660. The number of hydrogen-bond acceptors (Lipinski definition) is 3. The predicted molar refractivity (Wildman–Crippen MR) is 84.2 cm³/mol. The van der Waals surface area contributed by atoms with Crippen LogP contribution in [0.25, 0.3) is 11.1 Å². The molecule has 5 heteroatoms. The molecule has 2 N–H and O–H groups in total. The topological polar surface area (TPSA) is 59.2 Å². The molecule has 0 saturated carbocycles. The van der Waals surface area contributed by atoms with Gasteiger partial charge in [0.1, 0.15) is 0 Å². The second kappa shape index (κ2) is 5.74. The van der Waals surface area contributed by atoms with E-state index in [0.717, 1.165) is 29.8 Å². The molecule has 0 aliphatic carbocycles. The minimum Gasteiger partial charge on any atom is -0.369 e. The van der Waals surface area contributed by atoms with Gasteiger partial charge >= 0.3 is 0 Å². The summed E-state index contributed by atoms with van der Waals surface area (Å²) in [5.41, 5.74) is 8.39. The fraction of sp³-hybridized carbons (Fsp3) is 0.250. The lowest BCUT2D eigenvalue weighted by Gasteiger charge is -2.23. The van der Waals surface area contributed by atoms with Gasteiger partial charge in [0, 0.05) is 31.0 Å². The lowest BCUT2D eigenvalue weighted by Crippen LogP contribution is -2.27. The first-order chi connectivity index (χ1) is 10.2. The molecule has 1 amide bonds. The number of anilines is 1. The quantitative estimate of drug-likeness (QED) is 0.948. The molecule has 21 heavy (non-hydrogen) atoms. The van der Waals surface area contributed by atoms with Gasteiger partial charge in [0.05, 0.1) is 16.6 Å². The SMILES string of the molecule is NC(=O)[C@@H]1CCN(c2c(Cl)cncc2-c2ccccc2)C1.